The number of alkyl halides is 5. The predicted octanol–water partition coefficient (Wildman–Crippen LogP) is 6.52. The second-order valence-corrected chi connectivity index (χ2v) is 8.29. The Morgan fingerprint density at radius 3 is 2.54 bits per heavy atom. The van der Waals surface area contributed by atoms with Gasteiger partial charge in [-0.15, -0.1) is 8.78 Å². The molecule has 2 heterocycles. The van der Waals surface area contributed by atoms with Gasteiger partial charge in [-0.3, -0.25) is 4.79 Å². The van der Waals surface area contributed by atoms with Gasteiger partial charge in [-0.05, 0) is 49.6 Å². The molecule has 2 atom stereocenters. The number of Topliss-reactive ketones (excluding diaryl/α,β-unsaturated/α-hetero) is 1. The first-order valence-corrected chi connectivity index (χ1v) is 10.5. The molecular formula is C23H16F6N2O4. The van der Waals surface area contributed by atoms with E-state index in [0.29, 0.717) is 0 Å². The molecule has 0 fully saturated rings. The zero-order chi connectivity index (χ0) is 25.2. The summed E-state index contributed by atoms with van der Waals surface area (Å²) < 4.78 is 99.1. The van der Waals surface area contributed by atoms with Gasteiger partial charge in [0.05, 0.1) is 0 Å². The lowest BCUT2D eigenvalue weighted by atomic mass is 9.76. The number of fused-ring (bicyclic) bond motifs is 1. The minimum Gasteiger partial charge on any atom is -0.486 e. The number of ketones is 1. The molecule has 1 aliphatic carbocycles. The van der Waals surface area contributed by atoms with Crippen molar-refractivity contribution in [1.82, 2.24) is 0 Å². The number of nitrogens with zero attached hydrogens (tertiary/aromatic N) is 2. The molecule has 1 unspecified atom stereocenters. The van der Waals surface area contributed by atoms with E-state index in [1.807, 2.05) is 0 Å². The molecule has 0 saturated heterocycles. The first-order valence-electron chi connectivity index (χ1n) is 10.5. The van der Waals surface area contributed by atoms with E-state index in [2.05, 4.69) is 19.7 Å². The molecule has 0 aromatic heterocycles. The summed E-state index contributed by atoms with van der Waals surface area (Å²) in [6, 6.07) is 6.27. The van der Waals surface area contributed by atoms with Crippen molar-refractivity contribution in [2.24, 2.45) is 10.2 Å². The van der Waals surface area contributed by atoms with Crippen LogP contribution in [0.4, 0.5) is 26.3 Å². The van der Waals surface area contributed by atoms with Crippen LogP contribution in [0.5, 0.6) is 17.2 Å². The molecule has 12 heteroatoms. The van der Waals surface area contributed by atoms with Crippen LogP contribution in [0, 0.1) is 5.82 Å². The number of halogens is 6. The van der Waals surface area contributed by atoms with Gasteiger partial charge in [-0.1, -0.05) is 6.07 Å². The average Bonchev–Trinajstić information content (AvgIpc) is 3.31. The van der Waals surface area contributed by atoms with Gasteiger partial charge < -0.3 is 14.2 Å². The molecule has 0 radical (unpaired) electrons. The fourth-order valence-corrected chi connectivity index (χ4v) is 4.45. The van der Waals surface area contributed by atoms with Crippen molar-refractivity contribution in [1.29, 1.82) is 0 Å². The van der Waals surface area contributed by atoms with Crippen LogP contribution in [0.25, 0.3) is 0 Å². The molecule has 2 aliphatic heterocycles. The second kappa shape index (κ2) is 7.72. The lowest BCUT2D eigenvalue weighted by molar-refractivity contribution is -0.286. The minimum atomic E-state index is -5.02. The van der Waals surface area contributed by atoms with Crippen LogP contribution >= 0.6 is 0 Å². The van der Waals surface area contributed by atoms with Gasteiger partial charge in [0, 0.05) is 23.6 Å². The number of carbonyl (C=O) groups excluding carboxylic acids is 1. The van der Waals surface area contributed by atoms with Crippen molar-refractivity contribution in [3.8, 4) is 17.2 Å². The molecule has 2 aromatic rings. The lowest BCUT2D eigenvalue weighted by Crippen LogP contribution is -2.42. The van der Waals surface area contributed by atoms with Crippen molar-refractivity contribution in [3.05, 3.63) is 64.6 Å². The van der Waals surface area contributed by atoms with Gasteiger partial charge in [0.15, 0.2) is 17.3 Å². The van der Waals surface area contributed by atoms with E-state index in [-0.39, 0.29) is 47.6 Å². The Labute approximate surface area is 194 Å². The van der Waals surface area contributed by atoms with Gasteiger partial charge in [-0.2, -0.15) is 23.4 Å². The highest BCUT2D eigenvalue weighted by molar-refractivity contribution is 5.97. The summed E-state index contributed by atoms with van der Waals surface area (Å²) >= 11 is 0. The van der Waals surface area contributed by atoms with E-state index in [1.165, 1.54) is 25.1 Å². The number of hydrogen-bond acceptors (Lipinski definition) is 6. The smallest absolute Gasteiger partial charge is 0.486 e. The van der Waals surface area contributed by atoms with Crippen LogP contribution < -0.4 is 14.2 Å². The Hall–Kier alpha value is -3.57. The van der Waals surface area contributed by atoms with Crippen molar-refractivity contribution in [3.63, 3.8) is 0 Å². The number of azo groups is 1. The standard InChI is InChI=1S/C23H16F6N2O4/c1-11(12-5-8-17-19(9-12)35-23(28,29)34-17)33-18-10-13(24)6-7-14(18)21(22(25,26)27)15-3-2-4-16(32)20(15)30-31-21/h5-11H,2-4H2,1H3/t11-,21?/m0/s1. The van der Waals surface area contributed by atoms with Crippen LogP contribution in [-0.2, 0) is 10.3 Å². The minimum absolute atomic E-state index is 0.0543. The number of hydrogen-bond donors (Lipinski definition) is 0. The predicted molar refractivity (Wildman–Crippen MR) is 107 cm³/mol. The highest BCUT2D eigenvalue weighted by Crippen LogP contribution is 2.57. The fraction of sp³-hybridized carbons (Fsp3) is 0.348. The molecule has 0 N–H and O–H groups in total. The summed E-state index contributed by atoms with van der Waals surface area (Å²) in [5, 5.41) is 7.09. The summed E-state index contributed by atoms with van der Waals surface area (Å²) in [6.07, 6.45) is -9.72. The monoisotopic (exact) mass is 498 g/mol. The molecule has 184 valence electrons. The fourth-order valence-electron chi connectivity index (χ4n) is 4.45. The Bertz CT molecular complexity index is 1290. The Balaban J connectivity index is 1.56. The Morgan fingerprint density at radius 2 is 1.80 bits per heavy atom. The molecule has 0 saturated carbocycles. The van der Waals surface area contributed by atoms with Gasteiger partial charge in [0.1, 0.15) is 23.4 Å². The third-order valence-corrected chi connectivity index (χ3v) is 6.06. The molecular weight excluding hydrogens is 482 g/mol. The molecule has 0 amide bonds. The highest BCUT2D eigenvalue weighted by Gasteiger charge is 2.64. The van der Waals surface area contributed by atoms with E-state index in [1.54, 1.807) is 0 Å². The number of benzene rings is 2. The maximum absolute atomic E-state index is 14.6. The second-order valence-electron chi connectivity index (χ2n) is 8.29. The van der Waals surface area contributed by atoms with E-state index < -0.39 is 47.0 Å². The van der Waals surface area contributed by atoms with Crippen LogP contribution in [0.2, 0.25) is 0 Å². The number of ether oxygens (including phenoxy) is 3. The van der Waals surface area contributed by atoms with Gasteiger partial charge in [0.25, 0.3) is 0 Å². The van der Waals surface area contributed by atoms with Gasteiger partial charge in [-0.25, -0.2) is 4.39 Å². The quantitative estimate of drug-likeness (QED) is 0.451. The molecule has 0 spiro atoms. The van der Waals surface area contributed by atoms with E-state index in [9.17, 15) is 31.1 Å². The maximum atomic E-state index is 14.6. The maximum Gasteiger partial charge on any atom is 0.586 e. The topological polar surface area (TPSA) is 69.5 Å². The molecule has 35 heavy (non-hydrogen) atoms. The molecule has 3 aliphatic rings. The van der Waals surface area contributed by atoms with Crippen molar-refractivity contribution in [2.75, 3.05) is 0 Å². The van der Waals surface area contributed by atoms with Crippen molar-refractivity contribution < 1.29 is 45.3 Å². The summed E-state index contributed by atoms with van der Waals surface area (Å²) in [7, 11) is 0. The van der Waals surface area contributed by atoms with Gasteiger partial charge in [0.2, 0.25) is 5.54 Å². The summed E-state index contributed by atoms with van der Waals surface area (Å²) in [6.45, 7) is 1.44. The Kier molecular flexibility index (Phi) is 5.11. The SMILES string of the molecule is C[C@H](Oc1cc(F)ccc1C1(C(F)(F)F)N=NC2=C1CCCC2=O)c1ccc2c(c1)OC(F)(F)O2. The van der Waals surface area contributed by atoms with Crippen LogP contribution in [0.3, 0.4) is 0 Å². The van der Waals surface area contributed by atoms with E-state index in [0.717, 1.165) is 18.2 Å². The van der Waals surface area contributed by atoms with Crippen LogP contribution in [-0.4, -0.2) is 18.3 Å². The molecule has 6 nitrogen and oxygen atoms in total. The largest absolute Gasteiger partial charge is 0.586 e. The van der Waals surface area contributed by atoms with E-state index >= 15 is 0 Å². The molecule has 0 bridgehead atoms. The molecule has 2 aromatic carbocycles. The number of rotatable bonds is 4. The number of allylic oxidation sites excluding steroid dienone is 1. The number of carbonyl (C=O) groups is 1. The van der Waals surface area contributed by atoms with Crippen LogP contribution in [0.1, 0.15) is 43.4 Å². The molecule has 5 rings (SSSR count). The third kappa shape index (κ3) is 3.71. The van der Waals surface area contributed by atoms with Crippen LogP contribution in [0.15, 0.2) is 57.9 Å². The zero-order valence-electron chi connectivity index (χ0n) is 18.0. The Morgan fingerprint density at radius 1 is 1.06 bits per heavy atom. The summed E-state index contributed by atoms with van der Waals surface area (Å²) in [4.78, 5) is 12.2. The van der Waals surface area contributed by atoms with Gasteiger partial charge >= 0.3 is 12.5 Å². The average molecular weight is 498 g/mol. The normalized spacial score (nSPS) is 23.5. The van der Waals surface area contributed by atoms with Crippen molar-refractivity contribution in [2.45, 2.75) is 50.3 Å². The third-order valence-electron chi connectivity index (χ3n) is 6.06. The summed E-state index contributed by atoms with van der Waals surface area (Å²) in [5.41, 5.74) is -3.95. The van der Waals surface area contributed by atoms with E-state index in [4.69, 9.17) is 4.74 Å². The lowest BCUT2D eigenvalue weighted by Gasteiger charge is -2.33. The van der Waals surface area contributed by atoms with Crippen molar-refractivity contribution >= 4 is 5.78 Å². The first kappa shape index (κ1) is 23.2. The zero-order valence-corrected chi connectivity index (χ0v) is 18.0. The summed E-state index contributed by atoms with van der Waals surface area (Å²) in [5.74, 6) is -2.40. The first-order chi connectivity index (χ1) is 16.4. The highest BCUT2D eigenvalue weighted by atomic mass is 19.4.